The Kier molecular flexibility index (Phi) is 4.61. The van der Waals surface area contributed by atoms with Crippen LogP contribution >= 0.6 is 0 Å². The van der Waals surface area contributed by atoms with Crippen LogP contribution < -0.4 is 5.43 Å². The van der Waals surface area contributed by atoms with Crippen LogP contribution in [0.5, 0.6) is 0 Å². The monoisotopic (exact) mass is 305 g/mol. The minimum atomic E-state index is 0.207. The standard InChI is InChI=1S/C21H23NO/c1-3-10-17-19(11-4-2)22(16-12-6-5-7-13-16)20-15-9-8-14-18(20)21(17)23/h5-9,12-15H,3-4,10-11H2,1-2H3. The van der Waals surface area contributed by atoms with Crippen LogP contribution in [0.2, 0.25) is 0 Å². The molecule has 1 heterocycles. The highest BCUT2D eigenvalue weighted by atomic mass is 16.1. The molecule has 0 bridgehead atoms. The molecule has 0 N–H and O–H groups in total. The molecule has 0 atom stereocenters. The smallest absolute Gasteiger partial charge is 0.192 e. The van der Waals surface area contributed by atoms with E-state index < -0.39 is 0 Å². The molecule has 0 aliphatic rings. The van der Waals surface area contributed by atoms with Crippen molar-refractivity contribution in [3.05, 3.63) is 76.1 Å². The van der Waals surface area contributed by atoms with Gasteiger partial charge in [-0.2, -0.15) is 0 Å². The lowest BCUT2D eigenvalue weighted by Crippen LogP contribution is -2.20. The first-order chi connectivity index (χ1) is 11.3. The number of pyridine rings is 1. The van der Waals surface area contributed by atoms with Gasteiger partial charge in [0.15, 0.2) is 5.43 Å². The summed E-state index contributed by atoms with van der Waals surface area (Å²) in [5.74, 6) is 0. The molecule has 1 aromatic heterocycles. The van der Waals surface area contributed by atoms with E-state index in [9.17, 15) is 4.79 Å². The summed E-state index contributed by atoms with van der Waals surface area (Å²) < 4.78 is 2.28. The van der Waals surface area contributed by atoms with Crippen molar-refractivity contribution in [3.63, 3.8) is 0 Å². The molecule has 3 rings (SSSR count). The Labute approximate surface area is 137 Å². The molecule has 0 radical (unpaired) electrons. The van der Waals surface area contributed by atoms with Crippen molar-refractivity contribution in [3.8, 4) is 5.69 Å². The van der Waals surface area contributed by atoms with E-state index in [4.69, 9.17) is 0 Å². The van der Waals surface area contributed by atoms with E-state index in [-0.39, 0.29) is 5.43 Å². The van der Waals surface area contributed by atoms with Gasteiger partial charge in [0.25, 0.3) is 0 Å². The second-order valence-electron chi connectivity index (χ2n) is 5.94. The first-order valence-corrected chi connectivity index (χ1v) is 8.48. The van der Waals surface area contributed by atoms with Gasteiger partial charge in [-0.1, -0.05) is 57.0 Å². The molecule has 0 spiro atoms. The van der Waals surface area contributed by atoms with E-state index in [1.54, 1.807) is 0 Å². The predicted molar refractivity (Wildman–Crippen MR) is 97.5 cm³/mol. The third kappa shape index (κ3) is 2.81. The zero-order valence-corrected chi connectivity index (χ0v) is 13.9. The van der Waals surface area contributed by atoms with Crippen LogP contribution in [0, 0.1) is 0 Å². The Balaban J connectivity index is 2.45. The maximum Gasteiger partial charge on any atom is 0.192 e. The molecule has 0 fully saturated rings. The van der Waals surface area contributed by atoms with E-state index in [0.717, 1.165) is 47.8 Å². The predicted octanol–water partition coefficient (Wildman–Crippen LogP) is 4.90. The molecule has 0 saturated carbocycles. The molecule has 0 aliphatic carbocycles. The number of benzene rings is 2. The normalized spacial score (nSPS) is 11.0. The summed E-state index contributed by atoms with van der Waals surface area (Å²) in [6, 6.07) is 18.3. The molecule has 0 saturated heterocycles. The van der Waals surface area contributed by atoms with Crippen LogP contribution in [0.1, 0.15) is 37.9 Å². The maximum absolute atomic E-state index is 13.0. The fourth-order valence-electron chi connectivity index (χ4n) is 3.31. The lowest BCUT2D eigenvalue weighted by atomic mass is 10.00. The van der Waals surface area contributed by atoms with Gasteiger partial charge in [-0.25, -0.2) is 0 Å². The number of rotatable bonds is 5. The fraction of sp³-hybridized carbons (Fsp3) is 0.286. The molecule has 118 valence electrons. The molecule has 0 unspecified atom stereocenters. The van der Waals surface area contributed by atoms with Gasteiger partial charge in [0.1, 0.15) is 0 Å². The number of fused-ring (bicyclic) bond motifs is 1. The van der Waals surface area contributed by atoms with Crippen LogP contribution in [0.4, 0.5) is 0 Å². The summed E-state index contributed by atoms with van der Waals surface area (Å²) >= 11 is 0. The third-order valence-electron chi connectivity index (χ3n) is 4.28. The van der Waals surface area contributed by atoms with E-state index in [1.165, 1.54) is 5.69 Å². The summed E-state index contributed by atoms with van der Waals surface area (Å²) in [5.41, 5.74) is 4.50. The maximum atomic E-state index is 13.0. The zero-order valence-electron chi connectivity index (χ0n) is 13.9. The van der Waals surface area contributed by atoms with Crippen molar-refractivity contribution in [1.82, 2.24) is 4.57 Å². The van der Waals surface area contributed by atoms with E-state index in [1.807, 2.05) is 24.3 Å². The number of hydrogen-bond donors (Lipinski definition) is 0. The molecular formula is C21H23NO. The number of aromatic nitrogens is 1. The van der Waals surface area contributed by atoms with Crippen LogP contribution in [-0.4, -0.2) is 4.57 Å². The van der Waals surface area contributed by atoms with Crippen LogP contribution in [0.3, 0.4) is 0 Å². The Bertz CT molecular complexity index is 862. The Morgan fingerprint density at radius 2 is 1.48 bits per heavy atom. The Morgan fingerprint density at radius 3 is 2.17 bits per heavy atom. The summed E-state index contributed by atoms with van der Waals surface area (Å²) in [5, 5.41) is 0.819. The van der Waals surface area contributed by atoms with Gasteiger partial charge in [0.05, 0.1) is 5.52 Å². The topological polar surface area (TPSA) is 22.0 Å². The van der Waals surface area contributed by atoms with Crippen molar-refractivity contribution < 1.29 is 0 Å². The van der Waals surface area contributed by atoms with Crippen LogP contribution in [0.15, 0.2) is 59.4 Å². The highest BCUT2D eigenvalue weighted by Crippen LogP contribution is 2.23. The molecule has 3 aromatic rings. The summed E-state index contributed by atoms with van der Waals surface area (Å²) in [7, 11) is 0. The number of hydrogen-bond acceptors (Lipinski definition) is 1. The SMILES string of the molecule is CCCc1c(CCC)n(-c2ccccc2)c2ccccc2c1=O. The first-order valence-electron chi connectivity index (χ1n) is 8.48. The molecule has 2 aromatic carbocycles. The largest absolute Gasteiger partial charge is 0.313 e. The van der Waals surface area contributed by atoms with Crippen LogP contribution in [0.25, 0.3) is 16.6 Å². The lowest BCUT2D eigenvalue weighted by Gasteiger charge is -2.20. The van der Waals surface area contributed by atoms with Crippen molar-refractivity contribution in [2.45, 2.75) is 39.5 Å². The van der Waals surface area contributed by atoms with Crippen molar-refractivity contribution >= 4 is 10.9 Å². The van der Waals surface area contributed by atoms with Crippen molar-refractivity contribution in [2.75, 3.05) is 0 Å². The third-order valence-corrected chi connectivity index (χ3v) is 4.28. The molecule has 2 heteroatoms. The van der Waals surface area contributed by atoms with E-state index >= 15 is 0 Å². The molecular weight excluding hydrogens is 282 g/mol. The van der Waals surface area contributed by atoms with Gasteiger partial charge < -0.3 is 4.57 Å². The molecule has 2 nitrogen and oxygen atoms in total. The lowest BCUT2D eigenvalue weighted by molar-refractivity contribution is 0.795. The van der Waals surface area contributed by atoms with Gasteiger partial charge in [-0.15, -0.1) is 0 Å². The van der Waals surface area contributed by atoms with E-state index in [0.29, 0.717) is 0 Å². The molecule has 0 aliphatic heterocycles. The number of nitrogens with zero attached hydrogens (tertiary/aromatic N) is 1. The van der Waals surface area contributed by atoms with Gasteiger partial charge in [-0.3, -0.25) is 4.79 Å². The summed E-state index contributed by atoms with van der Waals surface area (Å²) in [4.78, 5) is 13.0. The van der Waals surface area contributed by atoms with Gasteiger partial charge in [0, 0.05) is 22.3 Å². The Hall–Kier alpha value is -2.35. The molecule has 23 heavy (non-hydrogen) atoms. The highest BCUT2D eigenvalue weighted by Gasteiger charge is 2.16. The minimum absolute atomic E-state index is 0.207. The second kappa shape index (κ2) is 6.82. The summed E-state index contributed by atoms with van der Waals surface area (Å²) in [6.07, 6.45) is 3.77. The fourth-order valence-corrected chi connectivity index (χ4v) is 3.31. The van der Waals surface area contributed by atoms with Crippen molar-refractivity contribution in [2.24, 2.45) is 0 Å². The highest BCUT2D eigenvalue weighted by molar-refractivity contribution is 5.82. The average Bonchev–Trinajstić information content (AvgIpc) is 2.59. The zero-order chi connectivity index (χ0) is 16.2. The Morgan fingerprint density at radius 1 is 0.826 bits per heavy atom. The first kappa shape index (κ1) is 15.5. The second-order valence-corrected chi connectivity index (χ2v) is 5.94. The summed E-state index contributed by atoms with van der Waals surface area (Å²) in [6.45, 7) is 4.31. The van der Waals surface area contributed by atoms with Gasteiger partial charge >= 0.3 is 0 Å². The molecule has 0 amide bonds. The minimum Gasteiger partial charge on any atom is -0.313 e. The van der Waals surface area contributed by atoms with E-state index in [2.05, 4.69) is 48.7 Å². The van der Waals surface area contributed by atoms with Crippen LogP contribution in [-0.2, 0) is 12.8 Å². The van der Waals surface area contributed by atoms with Gasteiger partial charge in [-0.05, 0) is 37.1 Å². The average molecular weight is 305 g/mol. The quantitative estimate of drug-likeness (QED) is 0.657. The van der Waals surface area contributed by atoms with Gasteiger partial charge in [0.2, 0.25) is 0 Å². The number of para-hydroxylation sites is 2. The van der Waals surface area contributed by atoms with Crippen molar-refractivity contribution in [1.29, 1.82) is 0 Å².